The van der Waals surface area contributed by atoms with Gasteiger partial charge in [0.15, 0.2) is 0 Å². The minimum atomic E-state index is 0.449. The number of rotatable bonds is 6. The van der Waals surface area contributed by atoms with Crippen LogP contribution in [0.3, 0.4) is 0 Å². The number of nitrogens with two attached hydrogens (primary N) is 1. The van der Waals surface area contributed by atoms with Crippen LogP contribution in [0.1, 0.15) is 0 Å². The first-order chi connectivity index (χ1) is 15.7. The number of nitrogen functional groups attached to an aromatic ring is 1. The summed E-state index contributed by atoms with van der Waals surface area (Å²) in [4.78, 5) is 15.7. The van der Waals surface area contributed by atoms with Crippen molar-refractivity contribution in [2.24, 2.45) is 0 Å². The largest absolute Gasteiger partial charge is 0.384 e. The molecule has 4 aromatic rings. The maximum atomic E-state index is 6.10. The molecule has 0 atom stereocenters. The van der Waals surface area contributed by atoms with Gasteiger partial charge in [-0.3, -0.25) is 19.5 Å². The Morgan fingerprint density at radius 1 is 0.875 bits per heavy atom. The summed E-state index contributed by atoms with van der Waals surface area (Å²) in [5.74, 6) is 0.449. The van der Waals surface area contributed by atoms with Gasteiger partial charge < -0.3 is 10.5 Å². The highest BCUT2D eigenvalue weighted by Crippen LogP contribution is 2.28. The number of ether oxygens (including phenoxy) is 1. The van der Waals surface area contributed by atoms with Gasteiger partial charge in [0, 0.05) is 61.1 Å². The van der Waals surface area contributed by atoms with Gasteiger partial charge in [-0.1, -0.05) is 6.07 Å². The number of morpholine rings is 1. The minimum Gasteiger partial charge on any atom is -0.384 e. The maximum Gasteiger partial charge on any atom is 0.124 e. The van der Waals surface area contributed by atoms with E-state index in [1.807, 2.05) is 53.6 Å². The summed E-state index contributed by atoms with van der Waals surface area (Å²) in [6, 6.07) is 11.7. The van der Waals surface area contributed by atoms with Gasteiger partial charge in [0.25, 0.3) is 0 Å². The summed E-state index contributed by atoms with van der Waals surface area (Å²) < 4.78 is 7.40. The molecule has 32 heavy (non-hydrogen) atoms. The molecule has 1 aliphatic heterocycles. The number of hydrogen-bond acceptors (Lipinski definition) is 7. The molecule has 0 unspecified atom stereocenters. The smallest absolute Gasteiger partial charge is 0.124 e. The van der Waals surface area contributed by atoms with Gasteiger partial charge in [-0.2, -0.15) is 5.10 Å². The molecular weight excluding hydrogens is 402 g/mol. The fourth-order valence-electron chi connectivity index (χ4n) is 3.82. The highest BCUT2D eigenvalue weighted by atomic mass is 16.5. The SMILES string of the molecule is Nc1cc(-c2cncc(-c3cnn(CCN4CCOCC4)c3)c2)cc(-c2ccccn2)n1. The molecule has 0 bridgehead atoms. The Morgan fingerprint density at radius 2 is 1.72 bits per heavy atom. The van der Waals surface area contributed by atoms with E-state index in [9.17, 15) is 0 Å². The van der Waals surface area contributed by atoms with E-state index >= 15 is 0 Å². The molecule has 162 valence electrons. The van der Waals surface area contributed by atoms with Crippen LogP contribution in [0.5, 0.6) is 0 Å². The van der Waals surface area contributed by atoms with Crippen LogP contribution in [0, 0.1) is 0 Å². The number of hydrogen-bond donors (Lipinski definition) is 1. The fraction of sp³-hybridized carbons (Fsp3) is 0.250. The van der Waals surface area contributed by atoms with Crippen LogP contribution in [-0.4, -0.2) is 62.5 Å². The summed E-state index contributed by atoms with van der Waals surface area (Å²) in [7, 11) is 0. The zero-order valence-electron chi connectivity index (χ0n) is 17.8. The molecule has 0 aliphatic carbocycles. The molecule has 0 saturated carbocycles. The average molecular weight is 428 g/mol. The Morgan fingerprint density at radius 3 is 2.53 bits per heavy atom. The van der Waals surface area contributed by atoms with E-state index in [0.29, 0.717) is 5.82 Å². The summed E-state index contributed by atoms with van der Waals surface area (Å²) in [6.45, 7) is 5.40. The molecule has 5 heterocycles. The van der Waals surface area contributed by atoms with Gasteiger partial charge in [0.05, 0.1) is 37.3 Å². The second kappa shape index (κ2) is 9.25. The minimum absolute atomic E-state index is 0.449. The summed E-state index contributed by atoms with van der Waals surface area (Å²) in [5.41, 5.74) is 11.6. The molecule has 1 fully saturated rings. The van der Waals surface area contributed by atoms with Gasteiger partial charge in [0.1, 0.15) is 5.82 Å². The van der Waals surface area contributed by atoms with Crippen LogP contribution in [-0.2, 0) is 11.3 Å². The highest BCUT2D eigenvalue weighted by Gasteiger charge is 2.12. The quantitative estimate of drug-likeness (QED) is 0.505. The van der Waals surface area contributed by atoms with Crippen molar-refractivity contribution < 1.29 is 4.74 Å². The Labute approximate surface area is 186 Å². The normalized spacial score (nSPS) is 14.5. The van der Waals surface area contributed by atoms with Crippen molar-refractivity contribution in [1.29, 1.82) is 0 Å². The number of nitrogens with zero attached hydrogens (tertiary/aromatic N) is 6. The molecule has 1 saturated heterocycles. The molecule has 0 aromatic carbocycles. The molecule has 1 aliphatic rings. The number of anilines is 1. The topological polar surface area (TPSA) is 95.0 Å². The Balaban J connectivity index is 1.36. The van der Waals surface area contributed by atoms with Crippen LogP contribution in [0.25, 0.3) is 33.6 Å². The van der Waals surface area contributed by atoms with Crippen LogP contribution in [0.15, 0.2) is 67.4 Å². The van der Waals surface area contributed by atoms with E-state index in [-0.39, 0.29) is 0 Å². The Hall–Kier alpha value is -3.62. The lowest BCUT2D eigenvalue weighted by atomic mass is 10.0. The van der Waals surface area contributed by atoms with E-state index in [4.69, 9.17) is 10.5 Å². The zero-order chi connectivity index (χ0) is 21.8. The molecule has 2 N–H and O–H groups in total. The van der Waals surface area contributed by atoms with E-state index in [1.54, 1.807) is 6.20 Å². The van der Waals surface area contributed by atoms with Crippen molar-refractivity contribution in [2.45, 2.75) is 6.54 Å². The van der Waals surface area contributed by atoms with E-state index in [0.717, 1.165) is 73.0 Å². The molecule has 4 aromatic heterocycles. The van der Waals surface area contributed by atoms with Gasteiger partial charge in [-0.15, -0.1) is 0 Å². The van der Waals surface area contributed by atoms with Crippen LogP contribution < -0.4 is 5.73 Å². The molecule has 8 heteroatoms. The first-order valence-electron chi connectivity index (χ1n) is 10.7. The van der Waals surface area contributed by atoms with Gasteiger partial charge in [-0.05, 0) is 35.9 Å². The van der Waals surface area contributed by atoms with Crippen LogP contribution >= 0.6 is 0 Å². The van der Waals surface area contributed by atoms with Crippen molar-refractivity contribution in [3.05, 3.63) is 67.4 Å². The van der Waals surface area contributed by atoms with Crippen molar-refractivity contribution in [3.63, 3.8) is 0 Å². The summed E-state index contributed by atoms with van der Waals surface area (Å²) in [6.07, 6.45) is 9.40. The Kier molecular flexibility index (Phi) is 5.87. The van der Waals surface area contributed by atoms with Crippen molar-refractivity contribution in [3.8, 4) is 33.6 Å². The monoisotopic (exact) mass is 427 g/mol. The van der Waals surface area contributed by atoms with Crippen molar-refractivity contribution in [2.75, 3.05) is 38.6 Å². The second-order valence-electron chi connectivity index (χ2n) is 7.79. The van der Waals surface area contributed by atoms with E-state index in [2.05, 4.69) is 37.2 Å². The molecule has 8 nitrogen and oxygen atoms in total. The third-order valence-corrected chi connectivity index (χ3v) is 5.56. The highest BCUT2D eigenvalue weighted by molar-refractivity contribution is 5.75. The second-order valence-corrected chi connectivity index (χ2v) is 7.79. The maximum absolute atomic E-state index is 6.10. The predicted molar refractivity (Wildman–Crippen MR) is 124 cm³/mol. The van der Waals surface area contributed by atoms with E-state index < -0.39 is 0 Å². The predicted octanol–water partition coefficient (Wildman–Crippen LogP) is 2.98. The van der Waals surface area contributed by atoms with Crippen LogP contribution in [0.4, 0.5) is 5.82 Å². The first kappa shape index (κ1) is 20.3. The third-order valence-electron chi connectivity index (χ3n) is 5.56. The molecule has 0 radical (unpaired) electrons. The lowest BCUT2D eigenvalue weighted by molar-refractivity contribution is 0.0360. The molecule has 5 rings (SSSR count). The summed E-state index contributed by atoms with van der Waals surface area (Å²) >= 11 is 0. The lowest BCUT2D eigenvalue weighted by Crippen LogP contribution is -2.38. The fourth-order valence-corrected chi connectivity index (χ4v) is 3.82. The molecule has 0 spiro atoms. The van der Waals surface area contributed by atoms with Gasteiger partial charge in [0.2, 0.25) is 0 Å². The zero-order valence-corrected chi connectivity index (χ0v) is 17.8. The molecular formula is C24H25N7O. The first-order valence-corrected chi connectivity index (χ1v) is 10.7. The molecule has 0 amide bonds. The summed E-state index contributed by atoms with van der Waals surface area (Å²) in [5, 5.41) is 4.54. The number of pyridine rings is 3. The standard InChI is InChI=1S/C24H25N7O/c25-24-13-18(12-23(29-24)22-3-1-2-4-27-22)19-11-20(15-26-14-19)21-16-28-31(17-21)6-5-30-7-9-32-10-8-30/h1-4,11-17H,5-10H2,(H2,25,29). The lowest BCUT2D eigenvalue weighted by Gasteiger charge is -2.26. The third kappa shape index (κ3) is 4.66. The van der Waals surface area contributed by atoms with Crippen molar-refractivity contribution >= 4 is 5.82 Å². The average Bonchev–Trinajstić information content (AvgIpc) is 3.33. The Bertz CT molecular complexity index is 1190. The van der Waals surface area contributed by atoms with Gasteiger partial charge >= 0.3 is 0 Å². The number of aromatic nitrogens is 5. The van der Waals surface area contributed by atoms with Crippen molar-refractivity contribution in [1.82, 2.24) is 29.6 Å². The van der Waals surface area contributed by atoms with E-state index in [1.165, 1.54) is 0 Å². The van der Waals surface area contributed by atoms with Crippen LogP contribution in [0.2, 0.25) is 0 Å². The van der Waals surface area contributed by atoms with Gasteiger partial charge in [-0.25, -0.2) is 4.98 Å².